The van der Waals surface area contributed by atoms with Crippen molar-refractivity contribution in [3.63, 3.8) is 0 Å². The topological polar surface area (TPSA) is 96.0 Å². The van der Waals surface area contributed by atoms with Gasteiger partial charge in [-0.3, -0.25) is 9.59 Å². The number of likely N-dealkylation sites (N-methyl/N-ethyl adjacent to an activating group) is 1. The minimum Gasteiger partial charge on any atom is -0.497 e. The summed E-state index contributed by atoms with van der Waals surface area (Å²) in [6.07, 6.45) is 0.752. The zero-order valence-corrected chi connectivity index (χ0v) is 21.6. The summed E-state index contributed by atoms with van der Waals surface area (Å²) in [7, 11) is -0.937. The van der Waals surface area contributed by atoms with Crippen LogP contribution in [-0.4, -0.2) is 62.2 Å². The molecular formula is C25H35N3O5S. The van der Waals surface area contributed by atoms with E-state index in [0.29, 0.717) is 5.75 Å². The summed E-state index contributed by atoms with van der Waals surface area (Å²) >= 11 is 0. The third-order valence-electron chi connectivity index (χ3n) is 5.77. The molecule has 0 aromatic heterocycles. The van der Waals surface area contributed by atoms with Gasteiger partial charge in [0.05, 0.1) is 18.6 Å². The van der Waals surface area contributed by atoms with E-state index in [9.17, 15) is 18.0 Å². The summed E-state index contributed by atoms with van der Waals surface area (Å²) in [5.41, 5.74) is 1.73. The molecule has 0 aliphatic heterocycles. The SMILES string of the molecule is CC[C@H](C)NC(=O)[C@H](C)N(Cc1ccc(OC)cc1)C(=O)CN(C)S(=O)(=O)c1ccc(C)cc1. The molecule has 9 heteroatoms. The van der Waals surface area contributed by atoms with E-state index >= 15 is 0 Å². The monoisotopic (exact) mass is 489 g/mol. The maximum atomic E-state index is 13.3. The Morgan fingerprint density at radius 1 is 1.03 bits per heavy atom. The van der Waals surface area contributed by atoms with Crippen LogP contribution in [0.1, 0.15) is 38.3 Å². The molecule has 0 unspecified atom stereocenters. The van der Waals surface area contributed by atoms with Crippen molar-refractivity contribution in [2.24, 2.45) is 0 Å². The van der Waals surface area contributed by atoms with Crippen LogP contribution in [0.2, 0.25) is 0 Å². The van der Waals surface area contributed by atoms with Crippen molar-refractivity contribution in [2.75, 3.05) is 20.7 Å². The molecule has 2 amide bonds. The number of aryl methyl sites for hydroxylation is 1. The van der Waals surface area contributed by atoms with Crippen molar-refractivity contribution < 1.29 is 22.7 Å². The molecule has 0 saturated carbocycles. The molecule has 2 rings (SSSR count). The van der Waals surface area contributed by atoms with Gasteiger partial charge < -0.3 is 15.0 Å². The Hall–Kier alpha value is -2.91. The van der Waals surface area contributed by atoms with Gasteiger partial charge in [0.2, 0.25) is 21.8 Å². The lowest BCUT2D eigenvalue weighted by Crippen LogP contribution is -2.51. The van der Waals surface area contributed by atoms with Gasteiger partial charge in [0.1, 0.15) is 11.8 Å². The minimum atomic E-state index is -3.87. The van der Waals surface area contributed by atoms with Crippen LogP contribution in [0.4, 0.5) is 0 Å². The summed E-state index contributed by atoms with van der Waals surface area (Å²) in [6.45, 7) is 7.12. The standard InChI is InChI=1S/C25H35N3O5S/c1-7-19(3)26-25(30)20(4)28(16-21-10-12-22(33-6)13-11-21)24(29)17-27(5)34(31,32)23-14-8-18(2)9-15-23/h8-15,19-20H,7,16-17H2,1-6H3,(H,26,30)/t19-,20-/m0/s1. The van der Waals surface area contributed by atoms with E-state index in [1.165, 1.54) is 24.1 Å². The maximum Gasteiger partial charge on any atom is 0.243 e. The number of rotatable bonds is 11. The summed E-state index contributed by atoms with van der Waals surface area (Å²) in [5, 5.41) is 2.90. The van der Waals surface area contributed by atoms with Crippen molar-refractivity contribution in [1.29, 1.82) is 0 Å². The van der Waals surface area contributed by atoms with Gasteiger partial charge in [0.15, 0.2) is 0 Å². The number of amides is 2. The van der Waals surface area contributed by atoms with Crippen LogP contribution in [0, 0.1) is 6.92 Å². The van der Waals surface area contributed by atoms with Crippen LogP contribution in [0.25, 0.3) is 0 Å². The van der Waals surface area contributed by atoms with E-state index in [-0.39, 0.29) is 23.4 Å². The van der Waals surface area contributed by atoms with Crippen molar-refractivity contribution in [2.45, 2.75) is 57.6 Å². The van der Waals surface area contributed by atoms with E-state index in [1.807, 2.05) is 32.9 Å². The Labute approximate surface area is 202 Å². The smallest absolute Gasteiger partial charge is 0.243 e. The van der Waals surface area contributed by atoms with Crippen LogP contribution in [0.5, 0.6) is 5.75 Å². The van der Waals surface area contributed by atoms with Crippen LogP contribution in [0.3, 0.4) is 0 Å². The number of sulfonamides is 1. The molecule has 0 aliphatic carbocycles. The average Bonchev–Trinajstić information content (AvgIpc) is 2.82. The second-order valence-electron chi connectivity index (χ2n) is 8.44. The molecule has 186 valence electrons. The van der Waals surface area contributed by atoms with Gasteiger partial charge in [-0.25, -0.2) is 8.42 Å². The molecule has 0 fully saturated rings. The largest absolute Gasteiger partial charge is 0.497 e. The number of carbonyl (C=O) groups excluding carboxylic acids is 2. The molecule has 2 aromatic rings. The van der Waals surface area contributed by atoms with Crippen molar-refractivity contribution >= 4 is 21.8 Å². The molecule has 0 spiro atoms. The first-order chi connectivity index (χ1) is 16.0. The van der Waals surface area contributed by atoms with Gasteiger partial charge in [-0.1, -0.05) is 36.8 Å². The number of nitrogens with one attached hydrogen (secondary N) is 1. The fourth-order valence-corrected chi connectivity index (χ4v) is 4.35. The Morgan fingerprint density at radius 3 is 2.15 bits per heavy atom. The second kappa shape index (κ2) is 12.0. The van der Waals surface area contributed by atoms with Crippen LogP contribution in [-0.2, 0) is 26.2 Å². The molecule has 34 heavy (non-hydrogen) atoms. The van der Waals surface area contributed by atoms with Gasteiger partial charge in [0, 0.05) is 19.6 Å². The first-order valence-electron chi connectivity index (χ1n) is 11.2. The van der Waals surface area contributed by atoms with Gasteiger partial charge in [-0.2, -0.15) is 4.31 Å². The fourth-order valence-electron chi connectivity index (χ4n) is 3.23. The Bertz CT molecular complexity index is 1070. The quantitative estimate of drug-likeness (QED) is 0.524. The highest BCUT2D eigenvalue weighted by Crippen LogP contribution is 2.18. The maximum absolute atomic E-state index is 13.3. The second-order valence-corrected chi connectivity index (χ2v) is 10.5. The number of ether oxygens (including phenoxy) is 1. The van der Waals surface area contributed by atoms with Gasteiger partial charge in [-0.15, -0.1) is 0 Å². The molecular weight excluding hydrogens is 454 g/mol. The van der Waals surface area contributed by atoms with E-state index in [1.54, 1.807) is 38.3 Å². The van der Waals surface area contributed by atoms with Crippen LogP contribution in [0.15, 0.2) is 53.4 Å². The third kappa shape index (κ3) is 7.04. The van der Waals surface area contributed by atoms with Gasteiger partial charge in [0.25, 0.3) is 0 Å². The highest BCUT2D eigenvalue weighted by molar-refractivity contribution is 7.89. The average molecular weight is 490 g/mol. The number of hydrogen-bond acceptors (Lipinski definition) is 5. The first kappa shape index (κ1) is 27.3. The van der Waals surface area contributed by atoms with Crippen molar-refractivity contribution in [3.05, 3.63) is 59.7 Å². The lowest BCUT2D eigenvalue weighted by molar-refractivity contribution is -0.140. The molecule has 0 saturated heterocycles. The Kier molecular flexibility index (Phi) is 9.64. The molecule has 0 heterocycles. The van der Waals surface area contributed by atoms with Crippen LogP contribution >= 0.6 is 0 Å². The predicted octanol–water partition coefficient (Wildman–Crippen LogP) is 2.96. The summed E-state index contributed by atoms with van der Waals surface area (Å²) in [5.74, 6) is -0.0887. The number of methoxy groups -OCH3 is 1. The van der Waals surface area contributed by atoms with E-state index in [2.05, 4.69) is 5.32 Å². The third-order valence-corrected chi connectivity index (χ3v) is 7.59. The van der Waals surface area contributed by atoms with Crippen LogP contribution < -0.4 is 10.1 Å². The minimum absolute atomic E-state index is 0.0440. The zero-order valence-electron chi connectivity index (χ0n) is 20.7. The normalized spacial score (nSPS) is 13.3. The lowest BCUT2D eigenvalue weighted by atomic mass is 10.1. The number of hydrogen-bond donors (Lipinski definition) is 1. The fraction of sp³-hybridized carbons (Fsp3) is 0.440. The highest BCUT2D eigenvalue weighted by Gasteiger charge is 2.30. The Morgan fingerprint density at radius 2 is 1.62 bits per heavy atom. The molecule has 1 N–H and O–H groups in total. The van der Waals surface area contributed by atoms with Crippen molar-refractivity contribution in [1.82, 2.24) is 14.5 Å². The molecule has 8 nitrogen and oxygen atoms in total. The summed E-state index contributed by atoms with van der Waals surface area (Å²) < 4.78 is 32.2. The molecule has 2 atom stereocenters. The first-order valence-corrected chi connectivity index (χ1v) is 12.7. The number of benzene rings is 2. The highest BCUT2D eigenvalue weighted by atomic mass is 32.2. The van der Waals surface area contributed by atoms with E-state index in [4.69, 9.17) is 4.74 Å². The molecule has 0 radical (unpaired) electrons. The number of nitrogens with zero attached hydrogens (tertiary/aromatic N) is 2. The molecule has 0 bridgehead atoms. The van der Waals surface area contributed by atoms with Gasteiger partial charge >= 0.3 is 0 Å². The zero-order chi connectivity index (χ0) is 25.5. The lowest BCUT2D eigenvalue weighted by Gasteiger charge is -2.31. The summed E-state index contributed by atoms with van der Waals surface area (Å²) in [4.78, 5) is 27.7. The number of carbonyl (C=O) groups is 2. The molecule has 0 aliphatic rings. The van der Waals surface area contributed by atoms with Crippen molar-refractivity contribution in [3.8, 4) is 5.75 Å². The van der Waals surface area contributed by atoms with E-state index in [0.717, 1.165) is 21.9 Å². The van der Waals surface area contributed by atoms with E-state index < -0.39 is 28.5 Å². The Balaban J connectivity index is 2.27. The molecule has 2 aromatic carbocycles. The predicted molar refractivity (Wildman–Crippen MR) is 132 cm³/mol. The summed E-state index contributed by atoms with van der Waals surface area (Å²) in [6, 6.07) is 12.8. The van der Waals surface area contributed by atoms with Gasteiger partial charge in [-0.05, 0) is 57.0 Å².